The molecule has 1 aromatic carbocycles. The Kier molecular flexibility index (Phi) is 6.22. The van der Waals surface area contributed by atoms with Crippen molar-refractivity contribution in [2.45, 2.75) is 65.4 Å². The molecule has 0 spiro atoms. The summed E-state index contributed by atoms with van der Waals surface area (Å²) < 4.78 is 5.44. The molecule has 0 radical (unpaired) electrons. The monoisotopic (exact) mass is 419 g/mol. The lowest BCUT2D eigenvalue weighted by molar-refractivity contribution is -0.146. The Labute approximate surface area is 173 Å². The van der Waals surface area contributed by atoms with E-state index in [2.05, 4.69) is 19.6 Å². The second-order valence-corrected chi connectivity index (χ2v) is 14.5. The molecule has 1 amide bonds. The van der Waals surface area contributed by atoms with Crippen LogP contribution in [0.15, 0.2) is 0 Å². The van der Waals surface area contributed by atoms with E-state index in [4.69, 9.17) is 4.74 Å². The predicted molar refractivity (Wildman–Crippen MR) is 114 cm³/mol. The molecular formula is C22H33NO5Si. The summed E-state index contributed by atoms with van der Waals surface area (Å²) >= 11 is 0. The van der Waals surface area contributed by atoms with Crippen LogP contribution in [0.2, 0.25) is 19.6 Å². The maximum atomic E-state index is 12.9. The van der Waals surface area contributed by atoms with E-state index < -0.39 is 20.1 Å². The SMILES string of the molecule is Cc1c2c(c(C)c([Si](C)(C)C)c1C(O)C(=O)O)CN(CC1CCOCC1)C(=O)C2. The Morgan fingerprint density at radius 2 is 1.79 bits per heavy atom. The van der Waals surface area contributed by atoms with Crippen molar-refractivity contribution in [1.29, 1.82) is 0 Å². The molecule has 7 heteroatoms. The Morgan fingerprint density at radius 1 is 1.17 bits per heavy atom. The largest absolute Gasteiger partial charge is 0.479 e. The van der Waals surface area contributed by atoms with E-state index in [1.807, 2.05) is 18.7 Å². The van der Waals surface area contributed by atoms with Crippen molar-refractivity contribution in [3.8, 4) is 0 Å². The van der Waals surface area contributed by atoms with Gasteiger partial charge in [-0.25, -0.2) is 4.79 Å². The third-order valence-electron chi connectivity index (χ3n) is 6.42. The summed E-state index contributed by atoms with van der Waals surface area (Å²) in [5.74, 6) is -0.682. The highest BCUT2D eigenvalue weighted by atomic mass is 28.3. The number of aliphatic hydroxyl groups excluding tert-OH is 1. The normalized spacial score (nSPS) is 19.2. The molecule has 0 aliphatic carbocycles. The molecule has 2 heterocycles. The second kappa shape index (κ2) is 8.20. The average Bonchev–Trinajstić information content (AvgIpc) is 2.64. The van der Waals surface area contributed by atoms with Crippen molar-refractivity contribution in [2.24, 2.45) is 5.92 Å². The molecule has 0 saturated carbocycles. The molecule has 1 fully saturated rings. The maximum Gasteiger partial charge on any atom is 0.337 e. The highest BCUT2D eigenvalue weighted by Crippen LogP contribution is 2.33. The fraction of sp³-hybridized carbons (Fsp3) is 0.636. The van der Waals surface area contributed by atoms with Crippen LogP contribution in [0.4, 0.5) is 0 Å². The number of fused-ring (bicyclic) bond motifs is 1. The van der Waals surface area contributed by atoms with Crippen LogP contribution in [0.25, 0.3) is 0 Å². The zero-order chi connectivity index (χ0) is 21.5. The highest BCUT2D eigenvalue weighted by molar-refractivity contribution is 6.89. The van der Waals surface area contributed by atoms with Gasteiger partial charge in [-0.15, -0.1) is 0 Å². The fourth-order valence-corrected chi connectivity index (χ4v) is 7.40. The van der Waals surface area contributed by atoms with Gasteiger partial charge in [0.2, 0.25) is 5.91 Å². The van der Waals surface area contributed by atoms with Crippen LogP contribution in [0, 0.1) is 19.8 Å². The lowest BCUT2D eigenvalue weighted by Crippen LogP contribution is -2.47. The molecule has 2 N–H and O–H groups in total. The van der Waals surface area contributed by atoms with Gasteiger partial charge in [0.15, 0.2) is 6.10 Å². The first-order valence-electron chi connectivity index (χ1n) is 10.4. The van der Waals surface area contributed by atoms with E-state index in [0.717, 1.165) is 60.0 Å². The Morgan fingerprint density at radius 3 is 2.34 bits per heavy atom. The quantitative estimate of drug-likeness (QED) is 0.715. The molecule has 1 aromatic rings. The van der Waals surface area contributed by atoms with Crippen molar-refractivity contribution in [1.82, 2.24) is 4.90 Å². The third kappa shape index (κ3) is 4.27. The summed E-state index contributed by atoms with van der Waals surface area (Å²) in [5.41, 5.74) is 4.40. The first-order valence-corrected chi connectivity index (χ1v) is 13.9. The lowest BCUT2D eigenvalue weighted by Gasteiger charge is -2.37. The summed E-state index contributed by atoms with van der Waals surface area (Å²) in [5, 5.41) is 21.0. The molecule has 1 unspecified atom stereocenters. The van der Waals surface area contributed by atoms with Gasteiger partial charge in [0.1, 0.15) is 0 Å². The Balaban J connectivity index is 2.06. The molecule has 2 aliphatic rings. The van der Waals surface area contributed by atoms with Crippen molar-refractivity contribution < 1.29 is 24.5 Å². The number of carbonyl (C=O) groups is 2. The molecule has 3 rings (SSSR count). The van der Waals surface area contributed by atoms with E-state index in [1.54, 1.807) is 0 Å². The molecule has 1 saturated heterocycles. The maximum absolute atomic E-state index is 12.9. The summed E-state index contributed by atoms with van der Waals surface area (Å²) in [4.78, 5) is 26.5. The first-order chi connectivity index (χ1) is 13.5. The van der Waals surface area contributed by atoms with Gasteiger partial charge in [-0.1, -0.05) is 24.8 Å². The topological polar surface area (TPSA) is 87.1 Å². The van der Waals surface area contributed by atoms with E-state index in [9.17, 15) is 19.8 Å². The van der Waals surface area contributed by atoms with Gasteiger partial charge in [-0.2, -0.15) is 0 Å². The van der Waals surface area contributed by atoms with Gasteiger partial charge in [-0.05, 0) is 60.4 Å². The Hall–Kier alpha value is -1.70. The second-order valence-electron chi connectivity index (χ2n) is 9.49. The van der Waals surface area contributed by atoms with E-state index in [0.29, 0.717) is 18.0 Å². The van der Waals surface area contributed by atoms with Crippen LogP contribution < -0.4 is 5.19 Å². The van der Waals surface area contributed by atoms with E-state index in [-0.39, 0.29) is 12.3 Å². The summed E-state index contributed by atoms with van der Waals surface area (Å²) in [6, 6.07) is 0. The molecule has 0 aromatic heterocycles. The number of carboxylic acid groups (broad SMARTS) is 1. The summed E-state index contributed by atoms with van der Waals surface area (Å²) in [6.45, 7) is 13.3. The van der Waals surface area contributed by atoms with Crippen LogP contribution >= 0.6 is 0 Å². The van der Waals surface area contributed by atoms with E-state index >= 15 is 0 Å². The Bertz CT molecular complexity index is 824. The number of rotatable bonds is 5. The number of nitrogens with zero attached hydrogens (tertiary/aromatic N) is 1. The summed E-state index contributed by atoms with van der Waals surface area (Å²) in [6.07, 6.45) is 0.685. The number of hydrogen-bond acceptors (Lipinski definition) is 4. The molecule has 29 heavy (non-hydrogen) atoms. The zero-order valence-electron chi connectivity index (χ0n) is 18.2. The predicted octanol–water partition coefficient (Wildman–Crippen LogP) is 2.28. The number of amides is 1. The number of aliphatic hydroxyl groups is 1. The number of ether oxygens (including phenoxy) is 1. The van der Waals surface area contributed by atoms with Gasteiger partial charge in [0.05, 0.1) is 14.5 Å². The van der Waals surface area contributed by atoms with Crippen LogP contribution in [0.5, 0.6) is 0 Å². The number of benzene rings is 1. The van der Waals surface area contributed by atoms with Crippen LogP contribution in [-0.4, -0.2) is 54.8 Å². The van der Waals surface area contributed by atoms with Crippen molar-refractivity contribution >= 4 is 25.1 Å². The van der Waals surface area contributed by atoms with Crippen molar-refractivity contribution in [3.63, 3.8) is 0 Å². The standard InChI is InChI=1S/C22H33NO5Si/c1-13-16-10-18(24)23(11-15-6-8-28-9-7-15)12-17(16)14(2)21(29(3,4)5)19(13)20(25)22(26)27/h15,20,25H,6-12H2,1-5H3,(H,26,27). The molecule has 1 atom stereocenters. The van der Waals surface area contributed by atoms with E-state index in [1.165, 1.54) is 0 Å². The first kappa shape index (κ1) is 22.0. The zero-order valence-corrected chi connectivity index (χ0v) is 19.2. The fourth-order valence-electron chi connectivity index (χ4n) is 4.99. The average molecular weight is 420 g/mol. The number of carboxylic acids is 1. The molecule has 6 nitrogen and oxygen atoms in total. The molecule has 0 bridgehead atoms. The smallest absolute Gasteiger partial charge is 0.337 e. The molecule has 160 valence electrons. The highest BCUT2D eigenvalue weighted by Gasteiger charge is 2.36. The minimum atomic E-state index is -1.95. The van der Waals surface area contributed by atoms with Crippen LogP contribution in [0.1, 0.15) is 46.8 Å². The minimum Gasteiger partial charge on any atom is -0.479 e. The van der Waals surface area contributed by atoms with Gasteiger partial charge in [0, 0.05) is 26.3 Å². The van der Waals surface area contributed by atoms with Crippen LogP contribution in [0.3, 0.4) is 0 Å². The number of carbonyl (C=O) groups excluding carboxylic acids is 1. The summed E-state index contributed by atoms with van der Waals surface area (Å²) in [7, 11) is -1.95. The van der Waals surface area contributed by atoms with Crippen molar-refractivity contribution in [2.75, 3.05) is 19.8 Å². The minimum absolute atomic E-state index is 0.0861. The van der Waals surface area contributed by atoms with Crippen molar-refractivity contribution in [3.05, 3.63) is 27.8 Å². The van der Waals surface area contributed by atoms with Gasteiger partial charge < -0.3 is 19.8 Å². The van der Waals surface area contributed by atoms with Gasteiger partial charge >= 0.3 is 5.97 Å². The van der Waals surface area contributed by atoms with Gasteiger partial charge in [-0.3, -0.25) is 4.79 Å². The van der Waals surface area contributed by atoms with Gasteiger partial charge in [0.25, 0.3) is 0 Å². The third-order valence-corrected chi connectivity index (χ3v) is 8.57. The molecule has 2 aliphatic heterocycles. The lowest BCUT2D eigenvalue weighted by atomic mass is 9.85. The molecular weight excluding hydrogens is 386 g/mol. The van der Waals surface area contributed by atoms with Crippen LogP contribution in [-0.2, 0) is 27.3 Å². The number of aliphatic carboxylic acids is 1. The number of hydrogen-bond donors (Lipinski definition) is 2.